The monoisotopic (exact) mass is 411 g/mol. The predicted molar refractivity (Wildman–Crippen MR) is 87.0 cm³/mol. The van der Waals surface area contributed by atoms with Crippen molar-refractivity contribution < 1.29 is 26.5 Å². The first-order valence-electron chi connectivity index (χ1n) is 6.65. The Labute approximate surface area is 143 Å². The fourth-order valence-electron chi connectivity index (χ4n) is 1.64. The summed E-state index contributed by atoms with van der Waals surface area (Å²) in [4.78, 5) is 11.9. The smallest absolute Gasteiger partial charge is 0.408 e. The molecule has 1 aromatic carbocycles. The Hall–Kier alpha value is -1.19. The number of amides is 1. The summed E-state index contributed by atoms with van der Waals surface area (Å²) in [5.74, 6) is -0.537. The Morgan fingerprint density at radius 2 is 1.96 bits per heavy atom. The molecule has 0 radical (unpaired) electrons. The molecule has 0 aliphatic rings. The van der Waals surface area contributed by atoms with E-state index in [1.165, 1.54) is 12.1 Å². The average Bonchev–Trinajstić information content (AvgIpc) is 2.29. The second kappa shape index (κ2) is 7.59. The lowest BCUT2D eigenvalue weighted by Gasteiger charge is -2.23. The Morgan fingerprint density at radius 3 is 2.43 bits per heavy atom. The molecular formula is C14H19BrFNO5S. The van der Waals surface area contributed by atoms with Crippen LogP contribution in [0.4, 0.5) is 9.18 Å². The lowest BCUT2D eigenvalue weighted by Crippen LogP contribution is -2.37. The Kier molecular flexibility index (Phi) is 6.55. The standard InChI is InChI=1S/C14H19BrFNO5S/c1-14(2,3)22-13(18)17-12(8-21-23(4,19)20)9-5-10(15)7-11(16)6-9/h5-7,12H,8H2,1-4H3,(H,17,18)/t12-/m1/s1. The van der Waals surface area contributed by atoms with Crippen molar-refractivity contribution in [2.24, 2.45) is 0 Å². The van der Waals surface area contributed by atoms with Crippen LogP contribution in [0.15, 0.2) is 22.7 Å². The number of alkyl carbamates (subject to hydrolysis) is 1. The maximum absolute atomic E-state index is 13.5. The molecule has 1 aromatic rings. The number of nitrogens with one attached hydrogen (secondary N) is 1. The molecule has 130 valence electrons. The lowest BCUT2D eigenvalue weighted by atomic mass is 10.1. The molecule has 0 heterocycles. The van der Waals surface area contributed by atoms with Crippen LogP contribution < -0.4 is 5.32 Å². The van der Waals surface area contributed by atoms with Gasteiger partial charge in [0.1, 0.15) is 11.4 Å². The van der Waals surface area contributed by atoms with E-state index in [1.807, 2.05) is 0 Å². The third-order valence-corrected chi connectivity index (χ3v) is 3.45. The third-order valence-electron chi connectivity index (χ3n) is 2.43. The predicted octanol–water partition coefficient (Wildman–Crippen LogP) is 3.13. The van der Waals surface area contributed by atoms with E-state index in [1.54, 1.807) is 26.8 Å². The minimum atomic E-state index is -3.72. The van der Waals surface area contributed by atoms with Gasteiger partial charge in [0.25, 0.3) is 10.1 Å². The van der Waals surface area contributed by atoms with E-state index in [0.717, 1.165) is 6.26 Å². The molecule has 1 rings (SSSR count). The molecule has 9 heteroatoms. The fraction of sp³-hybridized carbons (Fsp3) is 0.500. The van der Waals surface area contributed by atoms with Crippen LogP contribution in [-0.4, -0.2) is 33.0 Å². The molecule has 0 unspecified atom stereocenters. The maximum atomic E-state index is 13.5. The van der Waals surface area contributed by atoms with Crippen LogP contribution >= 0.6 is 15.9 Å². The minimum Gasteiger partial charge on any atom is -0.444 e. The van der Waals surface area contributed by atoms with Gasteiger partial charge in [-0.15, -0.1) is 0 Å². The molecular weight excluding hydrogens is 393 g/mol. The quantitative estimate of drug-likeness (QED) is 0.752. The zero-order chi connectivity index (χ0) is 17.8. The zero-order valence-corrected chi connectivity index (χ0v) is 15.6. The minimum absolute atomic E-state index is 0.339. The topological polar surface area (TPSA) is 81.7 Å². The van der Waals surface area contributed by atoms with Crippen LogP contribution in [0.3, 0.4) is 0 Å². The first-order chi connectivity index (χ1) is 10.4. The first kappa shape index (κ1) is 19.9. The molecule has 1 atom stereocenters. The van der Waals surface area contributed by atoms with Crippen molar-refractivity contribution in [2.75, 3.05) is 12.9 Å². The Balaban J connectivity index is 2.99. The van der Waals surface area contributed by atoms with Crippen molar-refractivity contribution in [1.29, 1.82) is 0 Å². The third kappa shape index (κ3) is 8.29. The number of halogens is 2. The average molecular weight is 412 g/mol. The molecule has 0 saturated heterocycles. The van der Waals surface area contributed by atoms with Gasteiger partial charge < -0.3 is 10.1 Å². The molecule has 6 nitrogen and oxygen atoms in total. The van der Waals surface area contributed by atoms with Crippen LogP contribution in [0.5, 0.6) is 0 Å². The largest absolute Gasteiger partial charge is 0.444 e. The summed E-state index contributed by atoms with van der Waals surface area (Å²) in [6.07, 6.45) is 0.124. The second-order valence-electron chi connectivity index (χ2n) is 5.89. The summed E-state index contributed by atoms with van der Waals surface area (Å²) in [6, 6.07) is 3.08. The van der Waals surface area contributed by atoms with Crippen LogP contribution in [0.25, 0.3) is 0 Å². The normalized spacial score (nSPS) is 13.5. The van der Waals surface area contributed by atoms with E-state index in [2.05, 4.69) is 21.2 Å². The van der Waals surface area contributed by atoms with Crippen molar-refractivity contribution in [2.45, 2.75) is 32.4 Å². The number of hydrogen-bond acceptors (Lipinski definition) is 5. The van der Waals surface area contributed by atoms with Gasteiger partial charge in [-0.05, 0) is 44.5 Å². The molecule has 23 heavy (non-hydrogen) atoms. The first-order valence-corrected chi connectivity index (χ1v) is 9.26. The van der Waals surface area contributed by atoms with E-state index in [9.17, 15) is 17.6 Å². The number of hydrogen-bond donors (Lipinski definition) is 1. The van der Waals surface area contributed by atoms with Crippen LogP contribution in [0.1, 0.15) is 32.4 Å². The van der Waals surface area contributed by atoms with Gasteiger partial charge in [0, 0.05) is 4.47 Å². The second-order valence-corrected chi connectivity index (χ2v) is 8.45. The summed E-state index contributed by atoms with van der Waals surface area (Å²) in [5, 5.41) is 2.48. The van der Waals surface area contributed by atoms with Crippen molar-refractivity contribution >= 4 is 32.1 Å². The van der Waals surface area contributed by atoms with Crippen molar-refractivity contribution in [3.05, 3.63) is 34.1 Å². The van der Waals surface area contributed by atoms with E-state index in [-0.39, 0.29) is 6.61 Å². The molecule has 0 aromatic heterocycles. The molecule has 1 amide bonds. The van der Waals surface area contributed by atoms with Gasteiger partial charge in [0.05, 0.1) is 18.9 Å². The summed E-state index contributed by atoms with van der Waals surface area (Å²) < 4.78 is 46.2. The molecule has 0 aliphatic heterocycles. The molecule has 0 spiro atoms. The Bertz CT molecular complexity index is 652. The molecule has 0 bridgehead atoms. The van der Waals surface area contributed by atoms with Gasteiger partial charge >= 0.3 is 6.09 Å². The SMILES string of the molecule is CC(C)(C)OC(=O)N[C@H](COS(C)(=O)=O)c1cc(F)cc(Br)c1. The van der Waals surface area contributed by atoms with Crippen molar-refractivity contribution in [3.63, 3.8) is 0 Å². The zero-order valence-electron chi connectivity index (χ0n) is 13.2. The number of benzene rings is 1. The number of carbonyl (C=O) groups is 1. The highest BCUT2D eigenvalue weighted by atomic mass is 79.9. The number of rotatable bonds is 5. The number of carbonyl (C=O) groups excluding carboxylic acids is 1. The van der Waals surface area contributed by atoms with Crippen LogP contribution in [0, 0.1) is 5.82 Å². The van der Waals surface area contributed by atoms with E-state index in [4.69, 9.17) is 8.92 Å². The Morgan fingerprint density at radius 1 is 1.35 bits per heavy atom. The molecule has 0 fully saturated rings. The summed E-state index contributed by atoms with van der Waals surface area (Å²) in [6.45, 7) is 4.68. The molecule has 1 N–H and O–H groups in total. The summed E-state index contributed by atoms with van der Waals surface area (Å²) in [5.41, 5.74) is -0.388. The van der Waals surface area contributed by atoms with Crippen molar-refractivity contribution in [1.82, 2.24) is 5.32 Å². The molecule has 0 aliphatic carbocycles. The lowest BCUT2D eigenvalue weighted by molar-refractivity contribution is 0.0487. The summed E-state index contributed by atoms with van der Waals surface area (Å²) >= 11 is 3.14. The van der Waals surface area contributed by atoms with Gasteiger partial charge in [0.15, 0.2) is 0 Å². The van der Waals surface area contributed by atoms with Gasteiger partial charge in [-0.25, -0.2) is 9.18 Å². The maximum Gasteiger partial charge on any atom is 0.408 e. The van der Waals surface area contributed by atoms with E-state index < -0.39 is 33.7 Å². The van der Waals surface area contributed by atoms with Crippen molar-refractivity contribution in [3.8, 4) is 0 Å². The fourth-order valence-corrected chi connectivity index (χ4v) is 2.51. The van der Waals surface area contributed by atoms with Gasteiger partial charge in [-0.2, -0.15) is 8.42 Å². The van der Waals surface area contributed by atoms with Crippen LogP contribution in [-0.2, 0) is 19.0 Å². The van der Waals surface area contributed by atoms with Gasteiger partial charge in [-0.3, -0.25) is 4.18 Å². The number of ether oxygens (including phenoxy) is 1. The highest BCUT2D eigenvalue weighted by molar-refractivity contribution is 9.10. The molecule has 0 saturated carbocycles. The van der Waals surface area contributed by atoms with E-state index >= 15 is 0 Å². The summed E-state index contributed by atoms with van der Waals surface area (Å²) in [7, 11) is -3.72. The van der Waals surface area contributed by atoms with Gasteiger partial charge in [-0.1, -0.05) is 15.9 Å². The van der Waals surface area contributed by atoms with E-state index in [0.29, 0.717) is 10.0 Å². The highest BCUT2D eigenvalue weighted by Gasteiger charge is 2.22. The van der Waals surface area contributed by atoms with Gasteiger partial charge in [0.2, 0.25) is 0 Å². The van der Waals surface area contributed by atoms with Crippen LogP contribution in [0.2, 0.25) is 0 Å². The highest BCUT2D eigenvalue weighted by Crippen LogP contribution is 2.22.